The maximum absolute atomic E-state index is 11.7. The predicted molar refractivity (Wildman–Crippen MR) is 73.1 cm³/mol. The van der Waals surface area contributed by atoms with Crippen molar-refractivity contribution in [2.75, 3.05) is 20.0 Å². The number of esters is 1. The van der Waals surface area contributed by atoms with E-state index in [-0.39, 0.29) is 11.5 Å². The summed E-state index contributed by atoms with van der Waals surface area (Å²) in [5.74, 6) is -0.805. The van der Waals surface area contributed by atoms with Crippen LogP contribution in [0.5, 0.6) is 5.75 Å². The molecule has 0 radical (unpaired) electrons. The van der Waals surface area contributed by atoms with E-state index < -0.39 is 11.9 Å². The molecule has 0 spiro atoms. The zero-order valence-corrected chi connectivity index (χ0v) is 11.4. The van der Waals surface area contributed by atoms with Gasteiger partial charge in [-0.3, -0.25) is 9.59 Å². The summed E-state index contributed by atoms with van der Waals surface area (Å²) in [6.07, 6.45) is 0. The molecule has 2 rings (SSSR count). The number of carbonyl (C=O) groups is 2. The summed E-state index contributed by atoms with van der Waals surface area (Å²) in [7, 11) is 2.81. The lowest BCUT2D eigenvalue weighted by atomic mass is 10.1. The summed E-state index contributed by atoms with van der Waals surface area (Å²) in [5.41, 5.74) is 0.594. The normalized spacial score (nSPS) is 20.6. The van der Waals surface area contributed by atoms with Gasteiger partial charge in [0.2, 0.25) is 0 Å². The van der Waals surface area contributed by atoms with Crippen LogP contribution in [0, 0.1) is 5.92 Å². The summed E-state index contributed by atoms with van der Waals surface area (Å²) < 4.78 is 9.83. The zero-order chi connectivity index (χ0) is 13.8. The van der Waals surface area contributed by atoms with Gasteiger partial charge in [0.15, 0.2) is 11.7 Å². The molecule has 0 aromatic heterocycles. The summed E-state index contributed by atoms with van der Waals surface area (Å²) in [6.45, 7) is 0. The Kier molecular flexibility index (Phi) is 4.21. The first-order valence-electron chi connectivity index (χ1n) is 5.62. The van der Waals surface area contributed by atoms with Gasteiger partial charge in [0.1, 0.15) is 11.4 Å². The predicted octanol–water partition coefficient (Wildman–Crippen LogP) is 1.83. The topological polar surface area (TPSA) is 65.0 Å². The number of rotatable bonds is 3. The molecule has 1 heterocycles. The molecule has 1 aromatic rings. The van der Waals surface area contributed by atoms with Crippen LogP contribution in [0.25, 0.3) is 0 Å². The minimum atomic E-state index is -0.903. The minimum absolute atomic E-state index is 0.175. The monoisotopic (exact) mass is 279 g/mol. The van der Waals surface area contributed by atoms with E-state index in [1.165, 1.54) is 18.9 Å². The minimum Gasteiger partial charge on any atom is -0.494 e. The summed E-state index contributed by atoms with van der Waals surface area (Å²) >= 11 is 1.26. The average molecular weight is 279 g/mol. The van der Waals surface area contributed by atoms with Crippen LogP contribution in [-0.4, -0.2) is 36.8 Å². The lowest BCUT2D eigenvalue weighted by Gasteiger charge is -2.08. The third-order valence-corrected chi connectivity index (χ3v) is 3.74. The molecule has 0 saturated carbocycles. The van der Waals surface area contributed by atoms with E-state index >= 15 is 0 Å². The Labute approximate surface area is 115 Å². The van der Waals surface area contributed by atoms with Gasteiger partial charge in [0.05, 0.1) is 25.0 Å². The Morgan fingerprint density at radius 1 is 1.37 bits per heavy atom. The van der Waals surface area contributed by atoms with Gasteiger partial charge >= 0.3 is 5.97 Å². The highest BCUT2D eigenvalue weighted by atomic mass is 32.2. The van der Waals surface area contributed by atoms with Crippen LogP contribution in [0.2, 0.25) is 0 Å². The van der Waals surface area contributed by atoms with Crippen molar-refractivity contribution in [3.8, 4) is 5.75 Å². The number of hydrogen-bond donors (Lipinski definition) is 0. The number of Topliss-reactive ketones (excluding diaryl/α,β-unsaturated/α-hetero) is 1. The first-order chi connectivity index (χ1) is 9.17. The standard InChI is InChI=1S/C13H13NO4S/c1-17-10-6-4-3-5-8(10)14-12-11(13(16)18-2)9(15)7-19-12/h3-6,11H,7H2,1-2H3. The van der Waals surface area contributed by atoms with Gasteiger partial charge < -0.3 is 9.47 Å². The Hall–Kier alpha value is -1.82. The van der Waals surface area contributed by atoms with Gasteiger partial charge in [-0.15, -0.1) is 11.8 Å². The summed E-state index contributed by atoms with van der Waals surface area (Å²) in [6, 6.07) is 7.18. The molecule has 1 saturated heterocycles. The molecule has 1 aliphatic heterocycles. The second-order valence-electron chi connectivity index (χ2n) is 3.83. The Morgan fingerprint density at radius 2 is 2.11 bits per heavy atom. The number of nitrogens with zero attached hydrogens (tertiary/aromatic N) is 1. The van der Waals surface area contributed by atoms with Crippen LogP contribution in [-0.2, 0) is 14.3 Å². The summed E-state index contributed by atoms with van der Waals surface area (Å²) in [4.78, 5) is 27.7. The number of carbonyl (C=O) groups excluding carboxylic acids is 2. The maximum Gasteiger partial charge on any atom is 0.322 e. The molecule has 1 aromatic carbocycles. The maximum atomic E-state index is 11.7. The van der Waals surface area contributed by atoms with E-state index in [0.29, 0.717) is 16.5 Å². The van der Waals surface area contributed by atoms with Crippen LogP contribution < -0.4 is 4.74 Å². The van der Waals surface area contributed by atoms with Crippen LogP contribution in [0.3, 0.4) is 0 Å². The number of hydrogen-bond acceptors (Lipinski definition) is 6. The second kappa shape index (κ2) is 5.88. The van der Waals surface area contributed by atoms with Gasteiger partial charge in [-0.2, -0.15) is 0 Å². The largest absolute Gasteiger partial charge is 0.494 e. The molecule has 1 fully saturated rings. The molecule has 100 valence electrons. The van der Waals surface area contributed by atoms with E-state index in [4.69, 9.17) is 4.74 Å². The first-order valence-corrected chi connectivity index (χ1v) is 6.61. The van der Waals surface area contributed by atoms with Crippen molar-refractivity contribution < 1.29 is 19.1 Å². The number of benzene rings is 1. The fourth-order valence-corrected chi connectivity index (χ4v) is 2.75. The number of ketones is 1. The molecule has 5 nitrogen and oxygen atoms in total. The highest BCUT2D eigenvalue weighted by Gasteiger charge is 2.39. The molecule has 0 aliphatic carbocycles. The van der Waals surface area contributed by atoms with Gasteiger partial charge in [-0.25, -0.2) is 4.99 Å². The fraction of sp³-hybridized carbons (Fsp3) is 0.308. The fourth-order valence-electron chi connectivity index (χ4n) is 1.74. The van der Waals surface area contributed by atoms with Crippen molar-refractivity contribution in [2.45, 2.75) is 0 Å². The smallest absolute Gasteiger partial charge is 0.322 e. The second-order valence-corrected chi connectivity index (χ2v) is 4.83. The molecule has 0 N–H and O–H groups in total. The van der Waals surface area contributed by atoms with E-state index in [1.54, 1.807) is 19.2 Å². The molecule has 0 bridgehead atoms. The van der Waals surface area contributed by atoms with E-state index in [9.17, 15) is 9.59 Å². The molecule has 6 heteroatoms. The number of ether oxygens (including phenoxy) is 2. The molecule has 1 atom stereocenters. The van der Waals surface area contributed by atoms with Crippen molar-refractivity contribution in [2.24, 2.45) is 10.9 Å². The van der Waals surface area contributed by atoms with Crippen molar-refractivity contribution >= 4 is 34.2 Å². The molecule has 19 heavy (non-hydrogen) atoms. The number of aliphatic imine (C=N–C) groups is 1. The third kappa shape index (κ3) is 2.78. The van der Waals surface area contributed by atoms with Gasteiger partial charge in [-0.05, 0) is 12.1 Å². The van der Waals surface area contributed by atoms with Gasteiger partial charge in [-0.1, -0.05) is 12.1 Å². The average Bonchev–Trinajstić information content (AvgIpc) is 2.79. The van der Waals surface area contributed by atoms with E-state index in [0.717, 1.165) is 0 Å². The molecule has 0 amide bonds. The van der Waals surface area contributed by atoms with Crippen LogP contribution >= 0.6 is 11.8 Å². The third-order valence-electron chi connectivity index (χ3n) is 2.68. The molecule has 1 unspecified atom stereocenters. The van der Waals surface area contributed by atoms with Crippen molar-refractivity contribution in [3.63, 3.8) is 0 Å². The van der Waals surface area contributed by atoms with Crippen molar-refractivity contribution in [1.82, 2.24) is 0 Å². The summed E-state index contributed by atoms with van der Waals surface area (Å²) in [5, 5.41) is 0.460. The molecular weight excluding hydrogens is 266 g/mol. The Balaban J connectivity index is 2.36. The Morgan fingerprint density at radius 3 is 2.79 bits per heavy atom. The first kappa shape index (κ1) is 13.6. The van der Waals surface area contributed by atoms with Crippen LogP contribution in [0.4, 0.5) is 5.69 Å². The van der Waals surface area contributed by atoms with Crippen LogP contribution in [0.15, 0.2) is 29.3 Å². The lowest BCUT2D eigenvalue weighted by molar-refractivity contribution is -0.145. The zero-order valence-electron chi connectivity index (χ0n) is 10.6. The van der Waals surface area contributed by atoms with E-state index in [2.05, 4.69) is 9.73 Å². The van der Waals surface area contributed by atoms with E-state index in [1.807, 2.05) is 12.1 Å². The van der Waals surface area contributed by atoms with Crippen LogP contribution in [0.1, 0.15) is 0 Å². The lowest BCUT2D eigenvalue weighted by Crippen LogP contribution is -2.26. The van der Waals surface area contributed by atoms with Gasteiger partial charge in [0.25, 0.3) is 0 Å². The molecular formula is C13H13NO4S. The highest BCUT2D eigenvalue weighted by molar-refractivity contribution is 8.15. The van der Waals surface area contributed by atoms with Gasteiger partial charge in [0, 0.05) is 0 Å². The quantitative estimate of drug-likeness (QED) is 0.624. The highest BCUT2D eigenvalue weighted by Crippen LogP contribution is 2.32. The van der Waals surface area contributed by atoms with Crippen molar-refractivity contribution in [3.05, 3.63) is 24.3 Å². The van der Waals surface area contributed by atoms with Crippen molar-refractivity contribution in [1.29, 1.82) is 0 Å². The molecule has 1 aliphatic rings. The number of para-hydroxylation sites is 2. The number of thioether (sulfide) groups is 1. The number of methoxy groups -OCH3 is 2. The SMILES string of the molecule is COC(=O)C1C(=O)CSC1=Nc1ccccc1OC. The Bertz CT molecular complexity index is 541.